The van der Waals surface area contributed by atoms with Crippen molar-refractivity contribution in [1.82, 2.24) is 0 Å². The van der Waals surface area contributed by atoms with Crippen LogP contribution in [0.5, 0.6) is 0 Å². The average Bonchev–Trinajstić information content (AvgIpc) is 2.37. The molecule has 2 aromatic rings. The molecule has 104 valence electrons. The van der Waals surface area contributed by atoms with Gasteiger partial charge in [-0.1, -0.05) is 35.3 Å². The average molecular weight is 325 g/mol. The van der Waals surface area contributed by atoms with E-state index in [9.17, 15) is 0 Å². The van der Waals surface area contributed by atoms with Gasteiger partial charge in [0.15, 0.2) is 5.11 Å². The SMILES string of the molecule is Cc1ccc(NC(=S)Nc2ccc(C)c(Cl)c2)c(Cl)c1. The number of rotatable bonds is 2. The smallest absolute Gasteiger partial charge is 0.175 e. The van der Waals surface area contributed by atoms with Gasteiger partial charge in [-0.2, -0.15) is 0 Å². The Morgan fingerprint density at radius 3 is 2.35 bits per heavy atom. The van der Waals surface area contributed by atoms with E-state index in [-0.39, 0.29) is 0 Å². The molecule has 0 fully saturated rings. The molecular formula is C15H14Cl2N2S. The van der Waals surface area contributed by atoms with Gasteiger partial charge in [0, 0.05) is 10.7 Å². The van der Waals surface area contributed by atoms with Crippen LogP contribution < -0.4 is 10.6 Å². The first-order valence-corrected chi connectivity index (χ1v) is 7.22. The molecule has 20 heavy (non-hydrogen) atoms. The molecule has 0 aliphatic carbocycles. The van der Waals surface area contributed by atoms with Crippen molar-refractivity contribution < 1.29 is 0 Å². The minimum Gasteiger partial charge on any atom is -0.332 e. The molecule has 2 rings (SSSR count). The third kappa shape index (κ3) is 3.85. The summed E-state index contributed by atoms with van der Waals surface area (Å²) in [6.07, 6.45) is 0. The van der Waals surface area contributed by atoms with Crippen LogP contribution in [0.15, 0.2) is 36.4 Å². The fourth-order valence-electron chi connectivity index (χ4n) is 1.68. The summed E-state index contributed by atoms with van der Waals surface area (Å²) in [7, 11) is 0. The minimum absolute atomic E-state index is 0.468. The van der Waals surface area contributed by atoms with Crippen LogP contribution in [-0.2, 0) is 0 Å². The summed E-state index contributed by atoms with van der Waals surface area (Å²) in [5, 5.41) is 7.95. The van der Waals surface area contributed by atoms with Gasteiger partial charge in [-0.05, 0) is 61.5 Å². The highest BCUT2D eigenvalue weighted by atomic mass is 35.5. The third-order valence-electron chi connectivity index (χ3n) is 2.80. The Bertz CT molecular complexity index is 656. The molecule has 0 spiro atoms. The number of benzene rings is 2. The summed E-state index contributed by atoms with van der Waals surface area (Å²) in [5.74, 6) is 0. The first kappa shape index (κ1) is 15.1. The maximum atomic E-state index is 6.15. The van der Waals surface area contributed by atoms with Crippen molar-refractivity contribution in [3.05, 3.63) is 57.6 Å². The zero-order valence-electron chi connectivity index (χ0n) is 11.1. The second-order valence-corrected chi connectivity index (χ2v) is 5.75. The van der Waals surface area contributed by atoms with E-state index >= 15 is 0 Å². The van der Waals surface area contributed by atoms with Gasteiger partial charge in [-0.25, -0.2) is 0 Å². The van der Waals surface area contributed by atoms with E-state index in [0.29, 0.717) is 15.2 Å². The molecule has 0 aliphatic rings. The number of thiocarbonyl (C=S) groups is 1. The van der Waals surface area contributed by atoms with Crippen LogP contribution in [0.25, 0.3) is 0 Å². The zero-order valence-corrected chi connectivity index (χ0v) is 13.5. The molecule has 0 aromatic heterocycles. The maximum absolute atomic E-state index is 6.15. The van der Waals surface area contributed by atoms with E-state index in [1.807, 2.05) is 50.2 Å². The highest BCUT2D eigenvalue weighted by Crippen LogP contribution is 2.24. The predicted octanol–water partition coefficient (Wildman–Crippen LogP) is 5.42. The summed E-state index contributed by atoms with van der Waals surface area (Å²) in [4.78, 5) is 0. The molecule has 0 saturated carbocycles. The molecule has 2 nitrogen and oxygen atoms in total. The van der Waals surface area contributed by atoms with Crippen molar-refractivity contribution >= 4 is 51.9 Å². The number of hydrogen-bond donors (Lipinski definition) is 2. The molecule has 0 saturated heterocycles. The lowest BCUT2D eigenvalue weighted by Crippen LogP contribution is -2.19. The van der Waals surface area contributed by atoms with Gasteiger partial charge >= 0.3 is 0 Å². The lowest BCUT2D eigenvalue weighted by molar-refractivity contribution is 1.46. The zero-order chi connectivity index (χ0) is 14.7. The van der Waals surface area contributed by atoms with Gasteiger partial charge < -0.3 is 10.6 Å². The summed E-state index contributed by atoms with van der Waals surface area (Å²) >= 11 is 17.5. The molecule has 2 N–H and O–H groups in total. The van der Waals surface area contributed by atoms with Crippen molar-refractivity contribution in [2.45, 2.75) is 13.8 Å². The van der Waals surface area contributed by atoms with E-state index in [1.54, 1.807) is 0 Å². The lowest BCUT2D eigenvalue weighted by Gasteiger charge is -2.12. The van der Waals surface area contributed by atoms with Crippen molar-refractivity contribution in [3.8, 4) is 0 Å². The molecule has 0 unspecified atom stereocenters. The summed E-state index contributed by atoms with van der Waals surface area (Å²) in [5.41, 5.74) is 3.73. The standard InChI is InChI=1S/C15H14Cl2N2S/c1-9-3-6-14(13(17)7-9)19-15(20)18-11-5-4-10(2)12(16)8-11/h3-8H,1-2H3,(H2,18,19,20). The van der Waals surface area contributed by atoms with Gasteiger partial charge in [0.25, 0.3) is 0 Å². The van der Waals surface area contributed by atoms with Crippen LogP contribution in [0.4, 0.5) is 11.4 Å². The summed E-state index contributed by atoms with van der Waals surface area (Å²) in [6.45, 7) is 3.94. The monoisotopic (exact) mass is 324 g/mol. The topological polar surface area (TPSA) is 24.1 Å². The summed E-state index contributed by atoms with van der Waals surface area (Å²) < 4.78 is 0. The fraction of sp³-hybridized carbons (Fsp3) is 0.133. The van der Waals surface area contributed by atoms with Gasteiger partial charge in [0.2, 0.25) is 0 Å². The highest BCUT2D eigenvalue weighted by Gasteiger charge is 2.04. The second kappa shape index (κ2) is 6.44. The molecule has 0 aliphatic heterocycles. The van der Waals surface area contributed by atoms with Gasteiger partial charge in [-0.15, -0.1) is 0 Å². The molecule has 5 heteroatoms. The van der Waals surface area contributed by atoms with E-state index < -0.39 is 0 Å². The molecule has 0 bridgehead atoms. The fourth-order valence-corrected chi connectivity index (χ4v) is 2.37. The Labute approximate surface area is 134 Å². The Morgan fingerprint density at radius 1 is 0.950 bits per heavy atom. The second-order valence-electron chi connectivity index (χ2n) is 4.53. The number of halogens is 2. The van der Waals surface area contributed by atoms with Crippen LogP contribution in [0.3, 0.4) is 0 Å². The van der Waals surface area contributed by atoms with Crippen molar-refractivity contribution in [2.24, 2.45) is 0 Å². The lowest BCUT2D eigenvalue weighted by atomic mass is 10.2. The largest absolute Gasteiger partial charge is 0.332 e. The normalized spacial score (nSPS) is 10.2. The van der Waals surface area contributed by atoms with Crippen LogP contribution in [0, 0.1) is 13.8 Å². The highest BCUT2D eigenvalue weighted by molar-refractivity contribution is 7.80. The quantitative estimate of drug-likeness (QED) is 0.721. The van der Waals surface area contributed by atoms with Crippen LogP contribution >= 0.6 is 35.4 Å². The molecule has 0 atom stereocenters. The number of hydrogen-bond acceptors (Lipinski definition) is 1. The Kier molecular flexibility index (Phi) is 4.86. The van der Waals surface area contributed by atoms with E-state index in [4.69, 9.17) is 35.4 Å². The molecule has 0 heterocycles. The first-order valence-electron chi connectivity index (χ1n) is 6.06. The van der Waals surface area contributed by atoms with Gasteiger partial charge in [0.05, 0.1) is 10.7 Å². The number of aryl methyl sites for hydroxylation is 2. The van der Waals surface area contributed by atoms with E-state index in [0.717, 1.165) is 22.5 Å². The molecule has 2 aromatic carbocycles. The van der Waals surface area contributed by atoms with Crippen LogP contribution in [-0.4, -0.2) is 5.11 Å². The van der Waals surface area contributed by atoms with Gasteiger partial charge in [-0.3, -0.25) is 0 Å². The van der Waals surface area contributed by atoms with Crippen molar-refractivity contribution in [3.63, 3.8) is 0 Å². The third-order valence-corrected chi connectivity index (χ3v) is 3.73. The van der Waals surface area contributed by atoms with Crippen molar-refractivity contribution in [2.75, 3.05) is 10.6 Å². The van der Waals surface area contributed by atoms with E-state index in [2.05, 4.69) is 10.6 Å². The Balaban J connectivity index is 2.07. The van der Waals surface area contributed by atoms with E-state index in [1.165, 1.54) is 0 Å². The summed E-state index contributed by atoms with van der Waals surface area (Å²) in [6, 6.07) is 11.4. The van der Waals surface area contributed by atoms with Crippen molar-refractivity contribution in [1.29, 1.82) is 0 Å². The Hall–Kier alpha value is -1.29. The molecule has 0 radical (unpaired) electrons. The van der Waals surface area contributed by atoms with Crippen LogP contribution in [0.1, 0.15) is 11.1 Å². The van der Waals surface area contributed by atoms with Gasteiger partial charge in [0.1, 0.15) is 0 Å². The molecule has 0 amide bonds. The minimum atomic E-state index is 0.468. The first-order chi connectivity index (χ1) is 9.45. The Morgan fingerprint density at radius 2 is 1.70 bits per heavy atom. The predicted molar refractivity (Wildman–Crippen MR) is 92.2 cm³/mol. The number of nitrogens with one attached hydrogen (secondary N) is 2. The maximum Gasteiger partial charge on any atom is 0.175 e. The molecular weight excluding hydrogens is 311 g/mol. The number of anilines is 2. The van der Waals surface area contributed by atoms with Crippen LogP contribution in [0.2, 0.25) is 10.0 Å².